The van der Waals surface area contributed by atoms with Crippen molar-refractivity contribution in [1.82, 2.24) is 24.7 Å². The van der Waals surface area contributed by atoms with E-state index in [4.69, 9.17) is 11.5 Å². The summed E-state index contributed by atoms with van der Waals surface area (Å²) in [6, 6.07) is 15.3. The number of hydrogen-bond donors (Lipinski definition) is 2. The molecule has 26 heavy (non-hydrogen) atoms. The van der Waals surface area contributed by atoms with Gasteiger partial charge in [-0.05, 0) is 35.9 Å². The van der Waals surface area contributed by atoms with Gasteiger partial charge in [-0.15, -0.1) is 0 Å². The number of hydrogen-bond acceptors (Lipinski definition) is 6. The molecule has 0 aliphatic carbocycles. The van der Waals surface area contributed by atoms with Crippen LogP contribution in [0.4, 0.5) is 11.4 Å². The lowest BCUT2D eigenvalue weighted by atomic mass is 10.1. The molecule has 0 saturated carbocycles. The van der Waals surface area contributed by atoms with E-state index < -0.39 is 0 Å². The van der Waals surface area contributed by atoms with Crippen LogP contribution in [0, 0.1) is 0 Å². The fraction of sp³-hybridized carbons (Fsp3) is 0.0526. The summed E-state index contributed by atoms with van der Waals surface area (Å²) in [5.74, 6) is 0.550. The van der Waals surface area contributed by atoms with E-state index in [1.54, 1.807) is 35.4 Å². The summed E-state index contributed by atoms with van der Waals surface area (Å²) in [5, 5.41) is 4.14. The third-order valence-electron chi connectivity index (χ3n) is 4.01. The van der Waals surface area contributed by atoms with Crippen molar-refractivity contribution < 1.29 is 0 Å². The molecule has 2 heterocycles. The first-order valence-electron chi connectivity index (χ1n) is 8.09. The van der Waals surface area contributed by atoms with E-state index in [1.807, 2.05) is 24.3 Å². The number of nitrogen functional groups attached to an aromatic ring is 2. The predicted octanol–water partition coefficient (Wildman–Crippen LogP) is 2.61. The fourth-order valence-electron chi connectivity index (χ4n) is 2.75. The van der Waals surface area contributed by atoms with Crippen LogP contribution in [0.2, 0.25) is 0 Å². The van der Waals surface area contributed by atoms with Crippen molar-refractivity contribution >= 4 is 11.4 Å². The highest BCUT2D eigenvalue weighted by molar-refractivity contribution is 5.76. The van der Waals surface area contributed by atoms with Crippen molar-refractivity contribution in [2.45, 2.75) is 6.54 Å². The minimum Gasteiger partial charge on any atom is -0.399 e. The maximum atomic E-state index is 6.06. The van der Waals surface area contributed by atoms with Crippen LogP contribution < -0.4 is 11.5 Å². The van der Waals surface area contributed by atoms with Crippen LogP contribution in [0.3, 0.4) is 0 Å². The van der Waals surface area contributed by atoms with Crippen LogP contribution in [0.5, 0.6) is 0 Å². The van der Waals surface area contributed by atoms with Gasteiger partial charge in [-0.25, -0.2) is 19.6 Å². The third kappa shape index (κ3) is 3.23. The molecule has 128 valence electrons. The molecule has 2 aromatic heterocycles. The van der Waals surface area contributed by atoms with Crippen LogP contribution in [0.25, 0.3) is 22.6 Å². The molecule has 7 heteroatoms. The van der Waals surface area contributed by atoms with E-state index in [9.17, 15) is 0 Å². The Labute approximate surface area is 150 Å². The van der Waals surface area contributed by atoms with Gasteiger partial charge in [0.1, 0.15) is 12.7 Å². The van der Waals surface area contributed by atoms with E-state index >= 15 is 0 Å². The molecule has 4 N–H and O–H groups in total. The van der Waals surface area contributed by atoms with E-state index in [0.29, 0.717) is 23.7 Å². The Hall–Kier alpha value is -3.74. The average Bonchev–Trinajstić information content (AvgIpc) is 3.17. The Bertz CT molecular complexity index is 1040. The van der Waals surface area contributed by atoms with E-state index in [1.165, 1.54) is 6.33 Å². The Morgan fingerprint density at radius 2 is 1.92 bits per heavy atom. The molecule has 4 aromatic rings. The highest BCUT2D eigenvalue weighted by Gasteiger charge is 2.09. The van der Waals surface area contributed by atoms with Gasteiger partial charge in [0.15, 0.2) is 5.82 Å². The van der Waals surface area contributed by atoms with E-state index in [-0.39, 0.29) is 0 Å². The number of aromatic nitrogens is 5. The second-order valence-electron chi connectivity index (χ2n) is 5.91. The molecule has 7 nitrogen and oxygen atoms in total. The molecule has 0 bridgehead atoms. The first-order valence-corrected chi connectivity index (χ1v) is 8.09. The van der Waals surface area contributed by atoms with Gasteiger partial charge >= 0.3 is 0 Å². The van der Waals surface area contributed by atoms with Crippen molar-refractivity contribution in [3.63, 3.8) is 0 Å². The van der Waals surface area contributed by atoms with Crippen molar-refractivity contribution in [2.75, 3.05) is 11.5 Å². The van der Waals surface area contributed by atoms with Gasteiger partial charge in [-0.3, -0.25) is 0 Å². The van der Waals surface area contributed by atoms with Gasteiger partial charge in [0.05, 0.1) is 12.2 Å². The van der Waals surface area contributed by atoms with Gasteiger partial charge in [0.2, 0.25) is 0 Å². The second-order valence-corrected chi connectivity index (χ2v) is 5.91. The summed E-state index contributed by atoms with van der Waals surface area (Å²) >= 11 is 0. The number of rotatable bonds is 4. The normalized spacial score (nSPS) is 10.8. The monoisotopic (exact) mass is 343 g/mol. The van der Waals surface area contributed by atoms with Crippen molar-refractivity contribution in [2.24, 2.45) is 0 Å². The maximum absolute atomic E-state index is 6.06. The molecule has 4 rings (SSSR count). The topological polar surface area (TPSA) is 109 Å². The summed E-state index contributed by atoms with van der Waals surface area (Å²) in [5.41, 5.74) is 16.8. The highest BCUT2D eigenvalue weighted by Crippen LogP contribution is 2.27. The summed E-state index contributed by atoms with van der Waals surface area (Å²) in [4.78, 5) is 13.0. The lowest BCUT2D eigenvalue weighted by Crippen LogP contribution is -2.00. The molecular formula is C19H17N7. The van der Waals surface area contributed by atoms with Crippen LogP contribution >= 0.6 is 0 Å². The molecule has 2 aromatic carbocycles. The average molecular weight is 343 g/mol. The smallest absolute Gasteiger partial charge is 0.161 e. The Morgan fingerprint density at radius 3 is 2.77 bits per heavy atom. The first kappa shape index (κ1) is 15.8. The highest BCUT2D eigenvalue weighted by atomic mass is 15.3. The Morgan fingerprint density at radius 1 is 1.00 bits per heavy atom. The molecule has 0 fully saturated rings. The number of anilines is 2. The summed E-state index contributed by atoms with van der Waals surface area (Å²) < 4.78 is 1.78. The number of benzene rings is 2. The molecule has 0 radical (unpaired) electrons. The van der Waals surface area contributed by atoms with Crippen molar-refractivity contribution in [1.29, 1.82) is 0 Å². The largest absolute Gasteiger partial charge is 0.399 e. The molecule has 0 unspecified atom stereocenters. The van der Waals surface area contributed by atoms with Crippen LogP contribution in [0.15, 0.2) is 67.4 Å². The zero-order valence-electron chi connectivity index (χ0n) is 13.9. The van der Waals surface area contributed by atoms with Gasteiger partial charge in [-0.2, -0.15) is 5.10 Å². The lowest BCUT2D eigenvalue weighted by Gasteiger charge is -2.09. The number of nitrogens with two attached hydrogens (primary N) is 2. The first-order chi connectivity index (χ1) is 12.7. The fourth-order valence-corrected chi connectivity index (χ4v) is 2.75. The molecule has 0 aliphatic rings. The molecular weight excluding hydrogens is 326 g/mol. The van der Waals surface area contributed by atoms with E-state index in [2.05, 4.69) is 26.1 Å². The molecule has 0 amide bonds. The lowest BCUT2D eigenvalue weighted by molar-refractivity contribution is 0.685. The minimum absolute atomic E-state index is 0.550. The van der Waals surface area contributed by atoms with Crippen LogP contribution in [-0.2, 0) is 6.54 Å². The van der Waals surface area contributed by atoms with Gasteiger partial charge in [0, 0.05) is 28.7 Å². The van der Waals surface area contributed by atoms with E-state index in [0.717, 1.165) is 22.4 Å². The number of nitrogens with zero attached hydrogens (tertiary/aromatic N) is 5. The molecule has 0 atom stereocenters. The van der Waals surface area contributed by atoms with Crippen LogP contribution in [-0.4, -0.2) is 24.7 Å². The summed E-state index contributed by atoms with van der Waals surface area (Å²) in [6.07, 6.45) is 4.94. The Balaban J connectivity index is 1.69. The van der Waals surface area contributed by atoms with Gasteiger partial charge in [0.25, 0.3) is 0 Å². The van der Waals surface area contributed by atoms with Crippen LogP contribution in [0.1, 0.15) is 5.56 Å². The summed E-state index contributed by atoms with van der Waals surface area (Å²) in [6.45, 7) is 0.647. The zero-order valence-corrected chi connectivity index (χ0v) is 13.9. The molecule has 0 saturated heterocycles. The SMILES string of the molecule is Nc1ccc(N)c(-c2nccc(-c3cccc(Cn4cncn4)c3)n2)c1. The predicted molar refractivity (Wildman–Crippen MR) is 101 cm³/mol. The van der Waals surface area contributed by atoms with Crippen molar-refractivity contribution in [3.05, 3.63) is 72.9 Å². The molecule has 0 aliphatic heterocycles. The maximum Gasteiger partial charge on any atom is 0.161 e. The summed E-state index contributed by atoms with van der Waals surface area (Å²) in [7, 11) is 0. The van der Waals surface area contributed by atoms with Crippen molar-refractivity contribution in [3.8, 4) is 22.6 Å². The zero-order chi connectivity index (χ0) is 17.9. The quantitative estimate of drug-likeness (QED) is 0.551. The van der Waals surface area contributed by atoms with Gasteiger partial charge in [-0.1, -0.05) is 18.2 Å². The third-order valence-corrected chi connectivity index (χ3v) is 4.01. The van der Waals surface area contributed by atoms with Gasteiger partial charge < -0.3 is 11.5 Å². The minimum atomic E-state index is 0.550. The Kier molecular flexibility index (Phi) is 4.03. The second kappa shape index (κ2) is 6.64. The standard InChI is InChI=1S/C19H17N7/c20-15-4-5-17(21)16(9-15)19-23-7-6-18(25-19)14-3-1-2-13(8-14)10-26-12-22-11-24-26/h1-9,11-12H,10,20-21H2. The molecule has 0 spiro atoms.